The highest BCUT2D eigenvalue weighted by atomic mass is 16.5. The zero-order valence-electron chi connectivity index (χ0n) is 9.83. The lowest BCUT2D eigenvalue weighted by atomic mass is 10.1. The van der Waals surface area contributed by atoms with Gasteiger partial charge in [0.2, 0.25) is 0 Å². The summed E-state index contributed by atoms with van der Waals surface area (Å²) in [4.78, 5) is 20.3. The van der Waals surface area contributed by atoms with Crippen LogP contribution in [0.25, 0.3) is 0 Å². The van der Waals surface area contributed by atoms with Gasteiger partial charge in [0, 0.05) is 0 Å². The molecule has 0 bridgehead atoms. The van der Waals surface area contributed by atoms with Crippen molar-refractivity contribution in [1.82, 2.24) is 0 Å². The zero-order valence-corrected chi connectivity index (χ0v) is 9.83. The van der Waals surface area contributed by atoms with E-state index in [-0.39, 0.29) is 13.2 Å². The third kappa shape index (κ3) is 4.69. The fourth-order valence-corrected chi connectivity index (χ4v) is 1.51. The van der Waals surface area contributed by atoms with E-state index >= 15 is 0 Å². The van der Waals surface area contributed by atoms with Crippen LogP contribution in [0.2, 0.25) is 0 Å². The molecule has 5 nitrogen and oxygen atoms in total. The maximum absolute atomic E-state index is 10.2. The first-order chi connectivity index (χ1) is 8.80. The van der Waals surface area contributed by atoms with Crippen molar-refractivity contribution >= 4 is 12.9 Å². The molecular formula is C13H14O5. The summed E-state index contributed by atoms with van der Waals surface area (Å²) in [6.45, 7) is 4.91. The summed E-state index contributed by atoms with van der Waals surface area (Å²) in [5, 5.41) is 0. The number of ether oxygens (including phenoxy) is 3. The van der Waals surface area contributed by atoms with Crippen molar-refractivity contribution in [3.05, 3.63) is 47.7 Å². The first kappa shape index (κ1) is 13.8. The summed E-state index contributed by atoms with van der Waals surface area (Å²) in [5.41, 5.74) is 2.49. The van der Waals surface area contributed by atoms with Crippen LogP contribution in [-0.2, 0) is 43.6 Å². The smallest absolute Gasteiger partial charge is 0.293 e. The number of carbonyl (C=O) groups excluding carboxylic acids is 2. The van der Waals surface area contributed by atoms with Gasteiger partial charge in [-0.3, -0.25) is 9.59 Å². The van der Waals surface area contributed by atoms with Gasteiger partial charge in [-0.25, -0.2) is 0 Å². The van der Waals surface area contributed by atoms with Crippen molar-refractivity contribution in [2.45, 2.75) is 19.8 Å². The van der Waals surface area contributed by atoms with Gasteiger partial charge in [-0.05, 0) is 34.9 Å². The van der Waals surface area contributed by atoms with Crippen molar-refractivity contribution in [3.8, 4) is 0 Å². The molecule has 0 aliphatic heterocycles. The summed E-state index contributed by atoms with van der Waals surface area (Å²) < 4.78 is 14.5. The molecule has 0 aliphatic carbocycles. The van der Waals surface area contributed by atoms with E-state index in [1.54, 1.807) is 6.07 Å². The van der Waals surface area contributed by atoms with Crippen LogP contribution in [0, 0.1) is 0 Å². The van der Waals surface area contributed by atoms with Gasteiger partial charge in [0.05, 0.1) is 6.26 Å². The van der Waals surface area contributed by atoms with E-state index in [0.29, 0.717) is 19.6 Å². The lowest BCUT2D eigenvalue weighted by molar-refractivity contribution is -0.130. The second-order valence-electron chi connectivity index (χ2n) is 3.45. The van der Waals surface area contributed by atoms with Crippen LogP contribution in [0.15, 0.2) is 31.0 Å². The number of carbonyl (C=O) groups is 2. The Balaban J connectivity index is 2.83. The molecule has 0 N–H and O–H groups in total. The van der Waals surface area contributed by atoms with Crippen molar-refractivity contribution in [2.75, 3.05) is 0 Å². The predicted molar refractivity (Wildman–Crippen MR) is 63.1 cm³/mol. The zero-order chi connectivity index (χ0) is 13.2. The topological polar surface area (TPSA) is 61.8 Å². The molecule has 0 unspecified atom stereocenters. The molecule has 0 saturated heterocycles. The van der Waals surface area contributed by atoms with Crippen molar-refractivity contribution in [3.63, 3.8) is 0 Å². The van der Waals surface area contributed by atoms with Crippen LogP contribution in [0.4, 0.5) is 0 Å². The summed E-state index contributed by atoms with van der Waals surface area (Å²) in [7, 11) is 0. The molecule has 96 valence electrons. The molecule has 1 aromatic rings. The van der Waals surface area contributed by atoms with Crippen LogP contribution in [-0.4, -0.2) is 12.9 Å². The highest BCUT2D eigenvalue weighted by Gasteiger charge is 2.03. The first-order valence-electron chi connectivity index (χ1n) is 5.25. The molecule has 18 heavy (non-hydrogen) atoms. The van der Waals surface area contributed by atoms with Crippen LogP contribution in [0.1, 0.15) is 16.7 Å². The Kier molecular flexibility index (Phi) is 6.03. The molecule has 0 amide bonds. The Morgan fingerprint density at radius 3 is 1.56 bits per heavy atom. The molecule has 0 spiro atoms. The minimum Gasteiger partial charge on any atom is -0.497 e. The quantitative estimate of drug-likeness (QED) is 0.493. The number of hydrogen-bond acceptors (Lipinski definition) is 5. The van der Waals surface area contributed by atoms with Gasteiger partial charge in [-0.15, -0.1) is 0 Å². The lowest BCUT2D eigenvalue weighted by Crippen LogP contribution is -1.98. The van der Waals surface area contributed by atoms with Crippen molar-refractivity contribution in [1.29, 1.82) is 0 Å². The van der Waals surface area contributed by atoms with Crippen LogP contribution in [0.3, 0.4) is 0 Å². The minimum absolute atomic E-state index is 0.166. The highest BCUT2D eigenvalue weighted by molar-refractivity contribution is 5.39. The van der Waals surface area contributed by atoms with Crippen molar-refractivity contribution < 1.29 is 23.8 Å². The standard InChI is InChI=1S/C13H14O5/c1-2-16-6-11-3-12(7-17-9-14)5-13(4-11)8-18-10-15/h2-5,9-10H,1,6-8H2. The van der Waals surface area contributed by atoms with Crippen LogP contribution < -0.4 is 0 Å². The monoisotopic (exact) mass is 250 g/mol. The Bertz CT molecular complexity index is 340. The normalized spacial score (nSPS) is 9.33. The summed E-state index contributed by atoms with van der Waals surface area (Å²) in [5.74, 6) is 0. The third-order valence-electron chi connectivity index (χ3n) is 2.12. The highest BCUT2D eigenvalue weighted by Crippen LogP contribution is 2.13. The van der Waals surface area contributed by atoms with E-state index in [0.717, 1.165) is 16.7 Å². The van der Waals surface area contributed by atoms with Gasteiger partial charge in [-0.2, -0.15) is 0 Å². The number of hydrogen-bond donors (Lipinski definition) is 0. The van der Waals surface area contributed by atoms with E-state index in [9.17, 15) is 9.59 Å². The summed E-state index contributed by atoms with van der Waals surface area (Å²) >= 11 is 0. The van der Waals surface area contributed by atoms with Gasteiger partial charge in [0.25, 0.3) is 12.9 Å². The average Bonchev–Trinajstić information content (AvgIpc) is 2.40. The Morgan fingerprint density at radius 2 is 1.22 bits per heavy atom. The SMILES string of the molecule is C=COCc1cc(COC=O)cc(COC=O)c1. The van der Waals surface area contributed by atoms with E-state index in [1.807, 2.05) is 12.1 Å². The van der Waals surface area contributed by atoms with Gasteiger partial charge in [-0.1, -0.05) is 6.58 Å². The maximum Gasteiger partial charge on any atom is 0.293 e. The fraction of sp³-hybridized carbons (Fsp3) is 0.231. The fourth-order valence-electron chi connectivity index (χ4n) is 1.51. The van der Waals surface area contributed by atoms with E-state index in [4.69, 9.17) is 4.74 Å². The lowest BCUT2D eigenvalue weighted by Gasteiger charge is -2.08. The van der Waals surface area contributed by atoms with E-state index < -0.39 is 0 Å². The van der Waals surface area contributed by atoms with E-state index in [1.165, 1.54) is 6.26 Å². The molecule has 0 heterocycles. The molecule has 0 atom stereocenters. The number of rotatable bonds is 9. The second-order valence-corrected chi connectivity index (χ2v) is 3.45. The van der Waals surface area contributed by atoms with Gasteiger partial charge >= 0.3 is 0 Å². The summed E-state index contributed by atoms with van der Waals surface area (Å²) in [6, 6.07) is 5.49. The second kappa shape index (κ2) is 7.89. The largest absolute Gasteiger partial charge is 0.497 e. The Labute approximate surface area is 105 Å². The molecular weight excluding hydrogens is 236 g/mol. The van der Waals surface area contributed by atoms with Gasteiger partial charge in [0.15, 0.2) is 0 Å². The average molecular weight is 250 g/mol. The molecule has 1 rings (SSSR count). The first-order valence-corrected chi connectivity index (χ1v) is 5.25. The Hall–Kier alpha value is -2.30. The van der Waals surface area contributed by atoms with Gasteiger partial charge < -0.3 is 14.2 Å². The Morgan fingerprint density at radius 1 is 0.833 bits per heavy atom. The molecule has 0 aromatic heterocycles. The number of benzene rings is 1. The molecule has 0 saturated carbocycles. The van der Waals surface area contributed by atoms with Crippen molar-refractivity contribution in [2.24, 2.45) is 0 Å². The molecule has 1 aromatic carbocycles. The summed E-state index contributed by atoms with van der Waals surface area (Å²) in [6.07, 6.45) is 1.34. The van der Waals surface area contributed by atoms with Crippen LogP contribution >= 0.6 is 0 Å². The van der Waals surface area contributed by atoms with E-state index in [2.05, 4.69) is 16.1 Å². The van der Waals surface area contributed by atoms with Gasteiger partial charge in [0.1, 0.15) is 19.8 Å². The minimum atomic E-state index is 0.166. The molecule has 5 heteroatoms. The van der Waals surface area contributed by atoms with Crippen LogP contribution in [0.5, 0.6) is 0 Å². The molecule has 0 radical (unpaired) electrons. The molecule has 0 aliphatic rings. The predicted octanol–water partition coefficient (Wildman–Crippen LogP) is 1.69. The third-order valence-corrected chi connectivity index (χ3v) is 2.12. The molecule has 0 fully saturated rings. The maximum atomic E-state index is 10.2.